The van der Waals surface area contributed by atoms with Crippen molar-refractivity contribution in [2.45, 2.75) is 33.2 Å². The van der Waals surface area contributed by atoms with Gasteiger partial charge in [-0.05, 0) is 44.2 Å². The maximum Gasteiger partial charge on any atom is 0.266 e. The summed E-state index contributed by atoms with van der Waals surface area (Å²) in [6.45, 7) is 5.97. The number of hydrogen-bond acceptors (Lipinski definition) is 3. The van der Waals surface area contributed by atoms with Gasteiger partial charge < -0.3 is 4.90 Å². The summed E-state index contributed by atoms with van der Waals surface area (Å²) in [4.78, 5) is 32.0. The molecule has 0 saturated heterocycles. The maximum absolute atomic E-state index is 13.7. The molecule has 2 aromatic carbocycles. The second-order valence-electron chi connectivity index (χ2n) is 6.44. The second-order valence-corrected chi connectivity index (χ2v) is 6.84. The van der Waals surface area contributed by atoms with Crippen LogP contribution < -0.4 is 5.56 Å². The lowest BCUT2D eigenvalue weighted by atomic mass is 10.1. The van der Waals surface area contributed by atoms with Crippen molar-refractivity contribution in [2.75, 3.05) is 6.54 Å². The van der Waals surface area contributed by atoms with Gasteiger partial charge in [-0.25, -0.2) is 9.37 Å². The van der Waals surface area contributed by atoms with Gasteiger partial charge in [0.15, 0.2) is 0 Å². The van der Waals surface area contributed by atoms with Crippen molar-refractivity contribution in [1.82, 2.24) is 14.5 Å². The Hall–Kier alpha value is -2.73. The third-order valence-electron chi connectivity index (χ3n) is 4.77. The Bertz CT molecular complexity index is 1100. The normalized spacial score (nSPS) is 12.2. The van der Waals surface area contributed by atoms with Gasteiger partial charge in [0.25, 0.3) is 5.56 Å². The minimum atomic E-state index is -0.571. The van der Waals surface area contributed by atoms with E-state index in [4.69, 9.17) is 11.6 Å². The minimum Gasteiger partial charge on any atom is -0.333 e. The molecule has 7 heteroatoms. The van der Waals surface area contributed by atoms with E-state index >= 15 is 0 Å². The lowest BCUT2D eigenvalue weighted by molar-refractivity contribution is -0.132. The first kappa shape index (κ1) is 20.0. The van der Waals surface area contributed by atoms with Gasteiger partial charge in [0, 0.05) is 13.0 Å². The topological polar surface area (TPSA) is 55.2 Å². The van der Waals surface area contributed by atoms with E-state index in [1.54, 1.807) is 36.1 Å². The zero-order chi connectivity index (χ0) is 20.4. The van der Waals surface area contributed by atoms with Crippen LogP contribution in [0, 0.1) is 5.82 Å². The molecule has 146 valence electrons. The molecule has 3 aromatic rings. The average molecular weight is 402 g/mol. The van der Waals surface area contributed by atoms with Crippen molar-refractivity contribution in [3.8, 4) is 5.69 Å². The molecule has 5 nitrogen and oxygen atoms in total. The summed E-state index contributed by atoms with van der Waals surface area (Å²) in [5, 5.41) is 0.344. The fourth-order valence-corrected chi connectivity index (χ4v) is 3.49. The number of para-hydroxylation sites is 1. The summed E-state index contributed by atoms with van der Waals surface area (Å²) in [5.41, 5.74) is 0.644. The zero-order valence-electron chi connectivity index (χ0n) is 15.9. The Morgan fingerprint density at radius 3 is 2.61 bits per heavy atom. The molecule has 0 spiro atoms. The van der Waals surface area contributed by atoms with Crippen molar-refractivity contribution in [3.63, 3.8) is 0 Å². The molecule has 1 aromatic heterocycles. The number of amides is 1. The third kappa shape index (κ3) is 3.52. The van der Waals surface area contributed by atoms with Crippen LogP contribution in [-0.4, -0.2) is 26.9 Å². The number of rotatable bonds is 5. The molecular weight excluding hydrogens is 381 g/mol. The Balaban J connectivity index is 2.32. The third-order valence-corrected chi connectivity index (χ3v) is 5.06. The fourth-order valence-electron chi connectivity index (χ4n) is 3.31. The Kier molecular flexibility index (Phi) is 5.79. The Morgan fingerprint density at radius 2 is 1.96 bits per heavy atom. The predicted octanol–water partition coefficient (Wildman–Crippen LogP) is 4.50. The van der Waals surface area contributed by atoms with Gasteiger partial charge in [-0.15, -0.1) is 0 Å². The first-order valence-electron chi connectivity index (χ1n) is 9.15. The summed E-state index contributed by atoms with van der Waals surface area (Å²) in [6.07, 6.45) is 0.346. The standard InChI is InChI=1S/C21H21ClFN3O2/c1-4-19(27)25(5-2)13(3)20-24-18-9-7-6-8-15(18)21(28)26(20)14-10-11-17(23)16(22)12-14/h6-13H,4-5H2,1-3H3. The number of nitrogens with zero attached hydrogens (tertiary/aromatic N) is 3. The molecule has 0 radical (unpaired) electrons. The smallest absolute Gasteiger partial charge is 0.266 e. The highest BCUT2D eigenvalue weighted by Gasteiger charge is 2.25. The van der Waals surface area contributed by atoms with Gasteiger partial charge in [0.1, 0.15) is 11.6 Å². The van der Waals surface area contributed by atoms with Crippen LogP contribution in [-0.2, 0) is 4.79 Å². The zero-order valence-corrected chi connectivity index (χ0v) is 16.7. The second kappa shape index (κ2) is 8.10. The van der Waals surface area contributed by atoms with Gasteiger partial charge in [-0.3, -0.25) is 14.2 Å². The summed E-state index contributed by atoms with van der Waals surface area (Å²) < 4.78 is 15.1. The summed E-state index contributed by atoms with van der Waals surface area (Å²) >= 11 is 5.95. The summed E-state index contributed by atoms with van der Waals surface area (Å²) in [7, 11) is 0. The quantitative estimate of drug-likeness (QED) is 0.632. The number of carbonyl (C=O) groups excluding carboxylic acids is 1. The highest BCUT2D eigenvalue weighted by molar-refractivity contribution is 6.30. The number of fused-ring (bicyclic) bond motifs is 1. The lowest BCUT2D eigenvalue weighted by Gasteiger charge is -2.29. The van der Waals surface area contributed by atoms with Gasteiger partial charge in [0.05, 0.1) is 27.7 Å². The molecule has 1 atom stereocenters. The first-order chi connectivity index (χ1) is 13.4. The van der Waals surface area contributed by atoms with Crippen LogP contribution in [0.25, 0.3) is 16.6 Å². The summed E-state index contributed by atoms with van der Waals surface area (Å²) in [5.74, 6) is -0.214. The molecule has 0 aliphatic rings. The molecule has 0 aliphatic heterocycles. The van der Waals surface area contributed by atoms with Crippen molar-refractivity contribution in [1.29, 1.82) is 0 Å². The monoisotopic (exact) mass is 401 g/mol. The van der Waals surface area contributed by atoms with E-state index in [0.717, 1.165) is 0 Å². The van der Waals surface area contributed by atoms with E-state index in [1.165, 1.54) is 22.8 Å². The van der Waals surface area contributed by atoms with Crippen LogP contribution in [0.4, 0.5) is 4.39 Å². The molecule has 1 unspecified atom stereocenters. The van der Waals surface area contributed by atoms with Crippen LogP contribution in [0.3, 0.4) is 0 Å². The number of halogens is 2. The summed E-state index contributed by atoms with van der Waals surface area (Å²) in [6, 6.07) is 10.6. The van der Waals surface area contributed by atoms with Crippen molar-refractivity contribution < 1.29 is 9.18 Å². The van der Waals surface area contributed by atoms with E-state index in [-0.39, 0.29) is 16.5 Å². The van der Waals surface area contributed by atoms with E-state index in [0.29, 0.717) is 35.4 Å². The van der Waals surface area contributed by atoms with Crippen LogP contribution >= 0.6 is 11.6 Å². The molecule has 0 bridgehead atoms. The molecule has 1 heterocycles. The van der Waals surface area contributed by atoms with Crippen LogP contribution in [0.1, 0.15) is 39.1 Å². The molecule has 0 aliphatic carbocycles. The fraction of sp³-hybridized carbons (Fsp3) is 0.286. The van der Waals surface area contributed by atoms with Crippen molar-refractivity contribution in [2.24, 2.45) is 0 Å². The van der Waals surface area contributed by atoms with Crippen molar-refractivity contribution >= 4 is 28.4 Å². The van der Waals surface area contributed by atoms with E-state index in [9.17, 15) is 14.0 Å². The van der Waals surface area contributed by atoms with Crippen molar-refractivity contribution in [3.05, 3.63) is 69.5 Å². The Morgan fingerprint density at radius 1 is 1.25 bits per heavy atom. The van der Waals surface area contributed by atoms with E-state index in [2.05, 4.69) is 4.98 Å². The van der Waals surface area contributed by atoms with E-state index < -0.39 is 11.9 Å². The predicted molar refractivity (Wildman–Crippen MR) is 108 cm³/mol. The van der Waals surface area contributed by atoms with Gasteiger partial charge >= 0.3 is 0 Å². The molecular formula is C21H21ClFN3O2. The number of carbonyl (C=O) groups is 1. The molecule has 0 N–H and O–H groups in total. The minimum absolute atomic E-state index is 0.0407. The van der Waals surface area contributed by atoms with E-state index in [1.807, 2.05) is 13.8 Å². The molecule has 0 fully saturated rings. The number of aromatic nitrogens is 2. The van der Waals surface area contributed by atoms with Gasteiger partial charge in [-0.2, -0.15) is 0 Å². The average Bonchev–Trinajstić information content (AvgIpc) is 2.70. The number of benzene rings is 2. The van der Waals surface area contributed by atoms with Gasteiger partial charge in [0.2, 0.25) is 5.91 Å². The Labute approximate surface area is 167 Å². The lowest BCUT2D eigenvalue weighted by Crippen LogP contribution is -2.37. The highest BCUT2D eigenvalue weighted by atomic mass is 35.5. The SMILES string of the molecule is CCC(=O)N(CC)C(C)c1nc2ccccc2c(=O)n1-c1ccc(F)c(Cl)c1. The maximum atomic E-state index is 13.7. The highest BCUT2D eigenvalue weighted by Crippen LogP contribution is 2.25. The number of hydrogen-bond donors (Lipinski definition) is 0. The van der Waals surface area contributed by atoms with Gasteiger partial charge in [-0.1, -0.05) is 30.7 Å². The first-order valence-corrected chi connectivity index (χ1v) is 9.53. The van der Waals surface area contributed by atoms with Crippen LogP contribution in [0.5, 0.6) is 0 Å². The molecule has 3 rings (SSSR count). The largest absolute Gasteiger partial charge is 0.333 e. The van der Waals surface area contributed by atoms with Crippen LogP contribution in [0.15, 0.2) is 47.3 Å². The van der Waals surface area contributed by atoms with Crippen LogP contribution in [0.2, 0.25) is 5.02 Å². The molecule has 1 amide bonds. The molecule has 0 saturated carbocycles. The molecule has 28 heavy (non-hydrogen) atoms.